The number of phenolic OH excluding ortho intramolecular Hbond substituents is 1. The molecule has 3 heterocycles. The molecule has 1 aromatic carbocycles. The maximum atomic E-state index is 10.3. The third-order valence-corrected chi connectivity index (χ3v) is 5.35. The predicted octanol–water partition coefficient (Wildman–Crippen LogP) is 3.38. The molecule has 1 aliphatic heterocycles. The molecule has 142 valence electrons. The van der Waals surface area contributed by atoms with Gasteiger partial charge in [-0.3, -0.25) is 4.90 Å². The lowest BCUT2D eigenvalue weighted by Gasteiger charge is -2.22. The molecule has 1 saturated heterocycles. The zero-order valence-corrected chi connectivity index (χ0v) is 16.2. The molecule has 0 unspecified atom stereocenters. The number of nitrogens with zero attached hydrogens (tertiary/aromatic N) is 5. The van der Waals surface area contributed by atoms with E-state index in [9.17, 15) is 5.11 Å². The van der Waals surface area contributed by atoms with E-state index in [0.717, 1.165) is 30.6 Å². The Bertz CT molecular complexity index is 949. The van der Waals surface area contributed by atoms with Crippen molar-refractivity contribution in [2.75, 3.05) is 25.0 Å². The fourth-order valence-corrected chi connectivity index (χ4v) is 4.05. The van der Waals surface area contributed by atoms with Gasteiger partial charge in [0, 0.05) is 36.1 Å². The minimum absolute atomic E-state index is 0.0833. The first-order chi connectivity index (χ1) is 13.0. The van der Waals surface area contributed by atoms with E-state index in [4.69, 9.17) is 11.6 Å². The van der Waals surface area contributed by atoms with Crippen molar-refractivity contribution in [1.82, 2.24) is 24.6 Å². The largest absolute Gasteiger partial charge is 0.506 e. The van der Waals surface area contributed by atoms with Gasteiger partial charge in [-0.05, 0) is 44.5 Å². The van der Waals surface area contributed by atoms with Gasteiger partial charge in [0.25, 0.3) is 0 Å². The van der Waals surface area contributed by atoms with Crippen LogP contribution in [0.3, 0.4) is 0 Å². The number of rotatable bonds is 5. The summed E-state index contributed by atoms with van der Waals surface area (Å²) >= 11 is 5.99. The number of nitrogens with one attached hydrogen (secondary N) is 1. The highest BCUT2D eigenvalue weighted by Crippen LogP contribution is 2.30. The van der Waals surface area contributed by atoms with Crippen LogP contribution in [0.15, 0.2) is 24.5 Å². The van der Waals surface area contributed by atoms with Gasteiger partial charge in [0.15, 0.2) is 5.65 Å². The third kappa shape index (κ3) is 3.57. The minimum atomic E-state index is 0.0833. The molecular formula is C19H23ClN6O. The maximum Gasteiger partial charge on any atom is 0.224 e. The molecule has 1 fully saturated rings. The second-order valence-corrected chi connectivity index (χ2v) is 7.38. The van der Waals surface area contributed by atoms with Crippen molar-refractivity contribution in [2.24, 2.45) is 0 Å². The summed E-state index contributed by atoms with van der Waals surface area (Å²) in [5, 5.41) is 19.4. The Morgan fingerprint density at radius 2 is 2.22 bits per heavy atom. The van der Waals surface area contributed by atoms with Crippen LogP contribution in [0.4, 0.5) is 5.95 Å². The topological polar surface area (TPSA) is 79.1 Å². The van der Waals surface area contributed by atoms with Gasteiger partial charge < -0.3 is 10.4 Å². The summed E-state index contributed by atoms with van der Waals surface area (Å²) in [6.07, 6.45) is 6.01. The van der Waals surface area contributed by atoms with Crippen molar-refractivity contribution < 1.29 is 5.11 Å². The lowest BCUT2D eigenvalue weighted by Crippen LogP contribution is -2.34. The van der Waals surface area contributed by atoms with Gasteiger partial charge in [0.1, 0.15) is 11.4 Å². The van der Waals surface area contributed by atoms with Crippen LogP contribution in [-0.4, -0.2) is 55.4 Å². The van der Waals surface area contributed by atoms with Crippen molar-refractivity contribution in [1.29, 1.82) is 0 Å². The Labute approximate surface area is 163 Å². The summed E-state index contributed by atoms with van der Waals surface area (Å²) < 4.78 is 1.62. The highest BCUT2D eigenvalue weighted by atomic mass is 35.5. The summed E-state index contributed by atoms with van der Waals surface area (Å²) in [6.45, 7) is 7.14. The molecule has 0 aliphatic carbocycles. The molecule has 0 saturated carbocycles. The minimum Gasteiger partial charge on any atom is -0.506 e. The number of likely N-dealkylation sites (N-methyl/N-ethyl adjacent to an activating group) is 1. The maximum absolute atomic E-state index is 10.3. The van der Waals surface area contributed by atoms with Gasteiger partial charge in [-0.2, -0.15) is 4.98 Å². The van der Waals surface area contributed by atoms with E-state index in [1.807, 2.05) is 13.1 Å². The number of fused-ring (bicyclic) bond motifs is 1. The second kappa shape index (κ2) is 7.32. The predicted molar refractivity (Wildman–Crippen MR) is 107 cm³/mol. The Hall–Kier alpha value is -2.38. The number of benzene rings is 1. The fourth-order valence-electron chi connectivity index (χ4n) is 3.78. The third-order valence-electron chi connectivity index (χ3n) is 5.14. The van der Waals surface area contributed by atoms with E-state index in [1.165, 1.54) is 18.9 Å². The van der Waals surface area contributed by atoms with Crippen LogP contribution >= 0.6 is 11.6 Å². The van der Waals surface area contributed by atoms with Crippen molar-refractivity contribution in [2.45, 2.75) is 32.7 Å². The van der Waals surface area contributed by atoms with Crippen molar-refractivity contribution in [3.8, 4) is 11.4 Å². The molecule has 27 heavy (non-hydrogen) atoms. The summed E-state index contributed by atoms with van der Waals surface area (Å²) in [5.41, 5.74) is 2.01. The van der Waals surface area contributed by atoms with Gasteiger partial charge >= 0.3 is 0 Å². The number of aryl methyl sites for hydroxylation is 1. The number of hydrogen-bond donors (Lipinski definition) is 2. The normalized spacial score (nSPS) is 17.7. The summed E-state index contributed by atoms with van der Waals surface area (Å²) in [7, 11) is 0. The van der Waals surface area contributed by atoms with Gasteiger partial charge in [0.05, 0.1) is 5.39 Å². The van der Waals surface area contributed by atoms with Crippen LogP contribution in [0.5, 0.6) is 5.75 Å². The molecule has 2 N–H and O–H groups in total. The van der Waals surface area contributed by atoms with E-state index < -0.39 is 0 Å². The molecule has 1 aliphatic rings. The number of anilines is 1. The molecule has 0 spiro atoms. The second-order valence-electron chi connectivity index (χ2n) is 6.94. The van der Waals surface area contributed by atoms with E-state index in [2.05, 4.69) is 32.2 Å². The van der Waals surface area contributed by atoms with Crippen LogP contribution in [-0.2, 0) is 0 Å². The van der Waals surface area contributed by atoms with Gasteiger partial charge in [0.2, 0.25) is 5.95 Å². The lowest BCUT2D eigenvalue weighted by molar-refractivity contribution is 0.277. The standard InChI is InChI=1S/C19H23ClN6O/c1-3-25-6-4-5-15(25)10-22-19-21-9-13-11-26(24-18(13)23-19)17-12(2)7-14(20)8-16(17)27/h7-9,11,15,27H,3-6,10H2,1-2H3,(H,22,23,24)/t15-/m0/s1. The van der Waals surface area contributed by atoms with E-state index in [-0.39, 0.29) is 5.75 Å². The molecular weight excluding hydrogens is 364 g/mol. The highest BCUT2D eigenvalue weighted by molar-refractivity contribution is 6.30. The molecule has 0 amide bonds. The molecule has 0 bridgehead atoms. The van der Waals surface area contributed by atoms with Crippen LogP contribution in [0, 0.1) is 6.92 Å². The zero-order chi connectivity index (χ0) is 19.0. The first kappa shape index (κ1) is 18.0. The van der Waals surface area contributed by atoms with Crippen molar-refractivity contribution >= 4 is 28.6 Å². The van der Waals surface area contributed by atoms with Gasteiger partial charge in [-0.1, -0.05) is 18.5 Å². The molecule has 4 rings (SSSR count). The molecule has 3 aromatic rings. The first-order valence-corrected chi connectivity index (χ1v) is 9.62. The molecule has 0 radical (unpaired) electrons. The fraction of sp³-hybridized carbons (Fsp3) is 0.421. The number of aromatic hydroxyl groups is 1. The van der Waals surface area contributed by atoms with Crippen LogP contribution < -0.4 is 5.32 Å². The monoisotopic (exact) mass is 386 g/mol. The average Bonchev–Trinajstić information content (AvgIpc) is 3.24. The summed E-state index contributed by atoms with van der Waals surface area (Å²) in [4.78, 5) is 11.4. The van der Waals surface area contributed by atoms with Crippen LogP contribution in [0.2, 0.25) is 5.02 Å². The Kier molecular flexibility index (Phi) is 4.88. The zero-order valence-electron chi connectivity index (χ0n) is 15.5. The molecule has 8 heteroatoms. The van der Waals surface area contributed by atoms with Crippen LogP contribution in [0.1, 0.15) is 25.3 Å². The molecule has 1 atom stereocenters. The highest BCUT2D eigenvalue weighted by Gasteiger charge is 2.22. The van der Waals surface area contributed by atoms with Gasteiger partial charge in [-0.25, -0.2) is 9.67 Å². The van der Waals surface area contributed by atoms with E-state index in [0.29, 0.717) is 28.3 Å². The quantitative estimate of drug-likeness (QED) is 0.699. The van der Waals surface area contributed by atoms with Crippen molar-refractivity contribution in [3.05, 3.63) is 35.1 Å². The smallest absolute Gasteiger partial charge is 0.224 e. The lowest BCUT2D eigenvalue weighted by atomic mass is 10.2. The number of hydrogen-bond acceptors (Lipinski definition) is 6. The van der Waals surface area contributed by atoms with Gasteiger partial charge in [-0.15, -0.1) is 5.10 Å². The number of aromatic nitrogens is 4. The Balaban J connectivity index is 1.57. The van der Waals surface area contributed by atoms with Crippen LogP contribution in [0.25, 0.3) is 16.7 Å². The average molecular weight is 387 g/mol. The van der Waals surface area contributed by atoms with Crippen molar-refractivity contribution in [3.63, 3.8) is 0 Å². The van der Waals surface area contributed by atoms with E-state index >= 15 is 0 Å². The summed E-state index contributed by atoms with van der Waals surface area (Å²) in [6, 6.07) is 3.83. The first-order valence-electron chi connectivity index (χ1n) is 9.25. The number of phenols is 1. The molecule has 2 aromatic heterocycles. The van der Waals surface area contributed by atoms with E-state index in [1.54, 1.807) is 16.9 Å². The number of likely N-dealkylation sites (tertiary alicyclic amines) is 1. The number of halogens is 1. The summed E-state index contributed by atoms with van der Waals surface area (Å²) in [5.74, 6) is 0.660. The molecule has 7 nitrogen and oxygen atoms in total. The Morgan fingerprint density at radius 1 is 1.37 bits per heavy atom. The SMILES string of the molecule is CCN1CCC[C@H]1CNc1ncc2cn(-c3c(C)cc(Cl)cc3O)nc2n1. The Morgan fingerprint density at radius 3 is 3.00 bits per heavy atom.